The molecule has 3 aromatic rings. The van der Waals surface area contributed by atoms with Crippen LogP contribution in [0, 0.1) is 0 Å². The Kier molecular flexibility index (Phi) is 5.48. The Labute approximate surface area is 170 Å². The van der Waals surface area contributed by atoms with E-state index in [0.717, 1.165) is 43.2 Å². The van der Waals surface area contributed by atoms with E-state index in [4.69, 9.17) is 4.74 Å². The van der Waals surface area contributed by atoms with Crippen molar-refractivity contribution in [1.29, 1.82) is 0 Å². The van der Waals surface area contributed by atoms with E-state index in [0.29, 0.717) is 5.75 Å². The highest BCUT2D eigenvalue weighted by atomic mass is 16.5. The van der Waals surface area contributed by atoms with Crippen molar-refractivity contribution in [1.82, 2.24) is 14.7 Å². The molecule has 0 unspecified atom stereocenters. The highest BCUT2D eigenvalue weighted by Gasteiger charge is 2.22. The van der Waals surface area contributed by atoms with Gasteiger partial charge in [0.1, 0.15) is 0 Å². The van der Waals surface area contributed by atoms with Gasteiger partial charge in [0.05, 0.1) is 30.4 Å². The maximum Gasteiger partial charge on any atom is 0.280 e. The third kappa shape index (κ3) is 4.09. The Morgan fingerprint density at radius 2 is 1.69 bits per heavy atom. The molecule has 0 radical (unpaired) electrons. The minimum atomic E-state index is -0.293. The number of carbonyl (C=O) groups excluding carboxylic acids is 1. The molecule has 4 rings (SSSR count). The molecule has 0 spiro atoms. The Morgan fingerprint density at radius 3 is 2.41 bits per heavy atom. The van der Waals surface area contributed by atoms with Gasteiger partial charge < -0.3 is 19.9 Å². The van der Waals surface area contributed by atoms with Crippen LogP contribution in [0.3, 0.4) is 0 Å². The lowest BCUT2D eigenvalue weighted by atomic mass is 10.2. The standard InChI is InChI=1S/C22H25N5O2/c1-25-12-14-26(15-13-25)19-11-7-6-10-18(19)23-22(28)21-20(29-2)16-27(24-21)17-8-4-3-5-9-17/h3-11,16H,12-15H2,1-2H3,(H,23,28). The van der Waals surface area contributed by atoms with Crippen LogP contribution in [0.2, 0.25) is 0 Å². The zero-order valence-electron chi connectivity index (χ0n) is 16.7. The van der Waals surface area contributed by atoms with Crippen LogP contribution in [-0.2, 0) is 0 Å². The van der Waals surface area contributed by atoms with E-state index < -0.39 is 0 Å². The van der Waals surface area contributed by atoms with Crippen LogP contribution in [0.5, 0.6) is 5.75 Å². The van der Waals surface area contributed by atoms with E-state index in [1.54, 1.807) is 18.0 Å². The summed E-state index contributed by atoms with van der Waals surface area (Å²) in [6, 6.07) is 17.5. The molecule has 1 saturated heterocycles. The molecular weight excluding hydrogens is 366 g/mol. The minimum Gasteiger partial charge on any atom is -0.493 e. The molecular formula is C22H25N5O2. The average Bonchev–Trinajstić information content (AvgIpc) is 3.20. The Balaban J connectivity index is 1.58. The summed E-state index contributed by atoms with van der Waals surface area (Å²) in [6.07, 6.45) is 1.72. The van der Waals surface area contributed by atoms with Gasteiger partial charge >= 0.3 is 0 Å². The number of aromatic nitrogens is 2. The number of hydrogen-bond acceptors (Lipinski definition) is 5. The molecule has 1 aliphatic rings. The lowest BCUT2D eigenvalue weighted by Crippen LogP contribution is -2.44. The summed E-state index contributed by atoms with van der Waals surface area (Å²) in [5.74, 6) is 0.140. The van der Waals surface area contributed by atoms with Crippen molar-refractivity contribution < 1.29 is 9.53 Å². The number of amides is 1. The van der Waals surface area contributed by atoms with E-state index in [1.165, 1.54) is 0 Å². The first-order valence-electron chi connectivity index (χ1n) is 9.68. The second-order valence-corrected chi connectivity index (χ2v) is 7.09. The van der Waals surface area contributed by atoms with Crippen LogP contribution in [0.15, 0.2) is 60.8 Å². The van der Waals surface area contributed by atoms with Gasteiger partial charge in [0.15, 0.2) is 11.4 Å². The number of rotatable bonds is 5. The first-order valence-corrected chi connectivity index (χ1v) is 9.68. The molecule has 1 aromatic heterocycles. The number of hydrogen-bond donors (Lipinski definition) is 1. The van der Waals surface area contributed by atoms with Crippen molar-refractivity contribution in [3.8, 4) is 11.4 Å². The predicted octanol–water partition coefficient (Wildman–Crippen LogP) is 2.89. The lowest BCUT2D eigenvalue weighted by Gasteiger charge is -2.35. The Morgan fingerprint density at radius 1 is 1.00 bits per heavy atom. The van der Waals surface area contributed by atoms with Crippen LogP contribution in [0.4, 0.5) is 11.4 Å². The van der Waals surface area contributed by atoms with Crippen molar-refractivity contribution in [3.63, 3.8) is 0 Å². The number of anilines is 2. The Hall–Kier alpha value is -3.32. The summed E-state index contributed by atoms with van der Waals surface area (Å²) in [7, 11) is 3.67. The van der Waals surface area contributed by atoms with E-state index in [-0.39, 0.29) is 11.6 Å². The molecule has 1 N–H and O–H groups in total. The molecule has 0 atom stereocenters. The number of para-hydroxylation sites is 3. The lowest BCUT2D eigenvalue weighted by molar-refractivity contribution is 0.101. The van der Waals surface area contributed by atoms with E-state index in [9.17, 15) is 4.79 Å². The number of benzene rings is 2. The summed E-state index contributed by atoms with van der Waals surface area (Å²) in [5.41, 5.74) is 2.92. The number of piperazine rings is 1. The average molecular weight is 391 g/mol. The van der Waals surface area contributed by atoms with Gasteiger partial charge in [0.2, 0.25) is 0 Å². The largest absolute Gasteiger partial charge is 0.493 e. The maximum atomic E-state index is 13.0. The van der Waals surface area contributed by atoms with Gasteiger partial charge in [-0.3, -0.25) is 4.79 Å². The summed E-state index contributed by atoms with van der Waals surface area (Å²) in [5, 5.41) is 7.48. The highest BCUT2D eigenvalue weighted by molar-refractivity contribution is 6.06. The highest BCUT2D eigenvalue weighted by Crippen LogP contribution is 2.28. The second kappa shape index (κ2) is 8.36. The number of methoxy groups -OCH3 is 1. The van der Waals surface area contributed by atoms with Crippen LogP contribution in [0.25, 0.3) is 5.69 Å². The SMILES string of the molecule is COc1cn(-c2ccccc2)nc1C(=O)Nc1ccccc1N1CCN(C)CC1. The van der Waals surface area contributed by atoms with Gasteiger partial charge in [-0.15, -0.1) is 0 Å². The normalized spacial score (nSPS) is 14.6. The van der Waals surface area contributed by atoms with Gasteiger partial charge in [-0.1, -0.05) is 30.3 Å². The monoisotopic (exact) mass is 391 g/mol. The van der Waals surface area contributed by atoms with Crippen molar-refractivity contribution in [2.75, 3.05) is 50.6 Å². The second-order valence-electron chi connectivity index (χ2n) is 7.09. The van der Waals surface area contributed by atoms with Crippen LogP contribution < -0.4 is 15.0 Å². The van der Waals surface area contributed by atoms with E-state index in [2.05, 4.69) is 27.3 Å². The van der Waals surface area contributed by atoms with E-state index in [1.807, 2.05) is 54.6 Å². The molecule has 0 aliphatic carbocycles. The maximum absolute atomic E-state index is 13.0. The van der Waals surface area contributed by atoms with Crippen molar-refractivity contribution in [2.24, 2.45) is 0 Å². The molecule has 1 amide bonds. The van der Waals surface area contributed by atoms with Crippen LogP contribution >= 0.6 is 0 Å². The van der Waals surface area contributed by atoms with Gasteiger partial charge in [-0.2, -0.15) is 5.10 Å². The molecule has 2 aromatic carbocycles. The van der Waals surface area contributed by atoms with Crippen molar-refractivity contribution in [2.45, 2.75) is 0 Å². The zero-order chi connectivity index (χ0) is 20.2. The Bertz CT molecular complexity index is 978. The molecule has 1 aliphatic heterocycles. The fraction of sp³-hybridized carbons (Fsp3) is 0.273. The number of nitrogens with one attached hydrogen (secondary N) is 1. The molecule has 150 valence electrons. The number of ether oxygens (including phenoxy) is 1. The fourth-order valence-corrected chi connectivity index (χ4v) is 3.46. The number of nitrogens with zero attached hydrogens (tertiary/aromatic N) is 4. The quantitative estimate of drug-likeness (QED) is 0.725. The van der Waals surface area contributed by atoms with Crippen LogP contribution in [0.1, 0.15) is 10.5 Å². The van der Waals surface area contributed by atoms with E-state index >= 15 is 0 Å². The van der Waals surface area contributed by atoms with Gasteiger partial charge in [-0.05, 0) is 31.3 Å². The molecule has 1 fully saturated rings. The molecule has 0 saturated carbocycles. The van der Waals surface area contributed by atoms with Crippen molar-refractivity contribution in [3.05, 3.63) is 66.5 Å². The fourth-order valence-electron chi connectivity index (χ4n) is 3.46. The first kappa shape index (κ1) is 19.0. The molecule has 7 nitrogen and oxygen atoms in total. The molecule has 2 heterocycles. The number of likely N-dealkylation sites (N-methyl/N-ethyl adjacent to an activating group) is 1. The summed E-state index contributed by atoms with van der Waals surface area (Å²) in [6.45, 7) is 3.85. The van der Waals surface area contributed by atoms with Crippen molar-refractivity contribution >= 4 is 17.3 Å². The van der Waals surface area contributed by atoms with Gasteiger partial charge in [0.25, 0.3) is 5.91 Å². The summed E-state index contributed by atoms with van der Waals surface area (Å²) < 4.78 is 7.06. The number of carbonyl (C=O) groups is 1. The molecule has 29 heavy (non-hydrogen) atoms. The predicted molar refractivity (Wildman–Crippen MR) is 114 cm³/mol. The van der Waals surface area contributed by atoms with Gasteiger partial charge in [0, 0.05) is 26.2 Å². The third-order valence-electron chi connectivity index (χ3n) is 5.13. The smallest absolute Gasteiger partial charge is 0.280 e. The summed E-state index contributed by atoms with van der Waals surface area (Å²) >= 11 is 0. The first-order chi connectivity index (χ1) is 14.2. The molecule has 0 bridgehead atoms. The zero-order valence-corrected chi connectivity index (χ0v) is 16.7. The van der Waals surface area contributed by atoms with Gasteiger partial charge in [-0.25, -0.2) is 4.68 Å². The van der Waals surface area contributed by atoms with Crippen LogP contribution in [-0.4, -0.2) is 60.9 Å². The summed E-state index contributed by atoms with van der Waals surface area (Å²) in [4.78, 5) is 17.6. The molecule has 7 heteroatoms. The topological polar surface area (TPSA) is 62.6 Å². The third-order valence-corrected chi connectivity index (χ3v) is 5.13. The minimum absolute atomic E-state index is 0.254.